The normalized spacial score (nSPS) is 11.7. The van der Waals surface area contributed by atoms with E-state index in [0.717, 1.165) is 11.0 Å². The molecule has 162 valence electrons. The molecule has 0 unspecified atom stereocenters. The van der Waals surface area contributed by atoms with Crippen molar-refractivity contribution >= 4 is 28.6 Å². The van der Waals surface area contributed by atoms with Crippen molar-refractivity contribution in [1.29, 1.82) is 0 Å². The van der Waals surface area contributed by atoms with Crippen LogP contribution in [0.3, 0.4) is 0 Å². The van der Waals surface area contributed by atoms with Gasteiger partial charge in [-0.05, 0) is 50.2 Å². The van der Waals surface area contributed by atoms with Crippen LogP contribution in [0.25, 0.3) is 11.0 Å². The zero-order valence-electron chi connectivity index (χ0n) is 17.6. The van der Waals surface area contributed by atoms with E-state index in [0.29, 0.717) is 23.7 Å². The minimum Gasteiger partial charge on any atom is -0.494 e. The van der Waals surface area contributed by atoms with Gasteiger partial charge in [-0.3, -0.25) is 14.4 Å². The van der Waals surface area contributed by atoms with Crippen LogP contribution >= 0.6 is 0 Å². The summed E-state index contributed by atoms with van der Waals surface area (Å²) in [6.45, 7) is 3.79. The van der Waals surface area contributed by atoms with Gasteiger partial charge in [-0.15, -0.1) is 0 Å². The number of benzene rings is 2. The Morgan fingerprint density at radius 2 is 1.77 bits per heavy atom. The highest BCUT2D eigenvalue weighted by Crippen LogP contribution is 2.23. The van der Waals surface area contributed by atoms with Crippen molar-refractivity contribution in [3.8, 4) is 5.75 Å². The number of ketones is 1. The van der Waals surface area contributed by atoms with Gasteiger partial charge in [-0.2, -0.15) is 0 Å². The van der Waals surface area contributed by atoms with Gasteiger partial charge >= 0.3 is 5.97 Å². The number of hydrogen-bond acceptors (Lipinski definition) is 6. The highest BCUT2D eigenvalue weighted by atomic mass is 16.5. The molecular weight excluding hydrogens is 398 g/mol. The Morgan fingerprint density at radius 3 is 2.48 bits per heavy atom. The van der Waals surface area contributed by atoms with Crippen LogP contribution < -0.4 is 10.1 Å². The van der Waals surface area contributed by atoms with Gasteiger partial charge in [0.2, 0.25) is 0 Å². The van der Waals surface area contributed by atoms with Gasteiger partial charge in [0.15, 0.2) is 12.4 Å². The molecule has 0 saturated carbocycles. The molecule has 1 N–H and O–H groups in total. The zero-order chi connectivity index (χ0) is 22.2. The summed E-state index contributed by atoms with van der Waals surface area (Å²) in [6.07, 6.45) is -0.0950. The molecule has 0 saturated heterocycles. The maximum Gasteiger partial charge on any atom is 0.306 e. The lowest BCUT2D eigenvalue weighted by Crippen LogP contribution is -2.31. The lowest BCUT2D eigenvalue weighted by Gasteiger charge is -2.11. The second kappa shape index (κ2) is 10.4. The Hall–Kier alpha value is -3.61. The molecule has 0 aliphatic carbocycles. The first-order valence-corrected chi connectivity index (χ1v) is 10.2. The monoisotopic (exact) mass is 423 g/mol. The fraction of sp³-hybridized carbons (Fsp3) is 0.292. The Bertz CT molecular complexity index is 1020. The number of esters is 1. The SMILES string of the molecule is CCOc1ccc(C(=O)CCC(=O)OCC(=O)N[C@@H](C)c2cc3ccccc3o2)cc1. The van der Waals surface area contributed by atoms with Crippen LogP contribution in [0.4, 0.5) is 0 Å². The smallest absolute Gasteiger partial charge is 0.306 e. The molecule has 1 amide bonds. The summed E-state index contributed by atoms with van der Waals surface area (Å²) >= 11 is 0. The van der Waals surface area contributed by atoms with Gasteiger partial charge in [0.25, 0.3) is 5.91 Å². The quantitative estimate of drug-likeness (QED) is 0.388. The molecule has 31 heavy (non-hydrogen) atoms. The highest BCUT2D eigenvalue weighted by molar-refractivity contribution is 5.97. The Morgan fingerprint density at radius 1 is 1.03 bits per heavy atom. The fourth-order valence-electron chi connectivity index (χ4n) is 3.05. The third-order valence-electron chi connectivity index (χ3n) is 4.66. The van der Waals surface area contributed by atoms with Gasteiger partial charge in [-0.25, -0.2) is 0 Å². The maximum absolute atomic E-state index is 12.2. The average Bonchev–Trinajstić information content (AvgIpc) is 3.21. The molecule has 3 rings (SSSR count). The summed E-state index contributed by atoms with van der Waals surface area (Å²) in [4.78, 5) is 36.2. The van der Waals surface area contributed by atoms with E-state index >= 15 is 0 Å². The van der Waals surface area contributed by atoms with Gasteiger partial charge < -0.3 is 19.2 Å². The molecule has 0 aliphatic rings. The molecule has 0 aliphatic heterocycles. The lowest BCUT2D eigenvalue weighted by atomic mass is 10.1. The minimum atomic E-state index is -0.606. The number of carbonyl (C=O) groups is 3. The van der Waals surface area contributed by atoms with Crippen molar-refractivity contribution in [3.63, 3.8) is 0 Å². The number of furan rings is 1. The number of nitrogens with one attached hydrogen (secondary N) is 1. The van der Waals surface area contributed by atoms with Crippen LogP contribution in [0.2, 0.25) is 0 Å². The number of para-hydroxylation sites is 1. The third-order valence-corrected chi connectivity index (χ3v) is 4.66. The summed E-state index contributed by atoms with van der Waals surface area (Å²) in [5.41, 5.74) is 1.23. The predicted octanol–water partition coefficient (Wildman–Crippen LogP) is 4.22. The predicted molar refractivity (Wildman–Crippen MR) is 115 cm³/mol. The molecule has 7 heteroatoms. The number of Topliss-reactive ketones (excluding diaryl/α,β-unsaturated/α-hetero) is 1. The Balaban J connectivity index is 1.40. The highest BCUT2D eigenvalue weighted by Gasteiger charge is 2.16. The van der Waals surface area contributed by atoms with E-state index in [2.05, 4.69) is 5.32 Å². The minimum absolute atomic E-state index is 0.00379. The molecule has 3 aromatic rings. The molecule has 0 spiro atoms. The summed E-state index contributed by atoms with van der Waals surface area (Å²) in [7, 11) is 0. The van der Waals surface area contributed by atoms with Crippen molar-refractivity contribution < 1.29 is 28.3 Å². The maximum atomic E-state index is 12.2. The third kappa shape index (κ3) is 6.18. The molecule has 1 heterocycles. The number of hydrogen-bond donors (Lipinski definition) is 1. The van der Waals surface area contributed by atoms with Crippen LogP contribution in [-0.2, 0) is 14.3 Å². The summed E-state index contributed by atoms with van der Waals surface area (Å²) in [5.74, 6) is 0.0658. The summed E-state index contributed by atoms with van der Waals surface area (Å²) in [6, 6.07) is 15.8. The fourth-order valence-corrected chi connectivity index (χ4v) is 3.05. The second-order valence-electron chi connectivity index (χ2n) is 7.02. The number of fused-ring (bicyclic) bond motifs is 1. The van der Waals surface area contributed by atoms with Crippen LogP contribution in [0, 0.1) is 0 Å². The van der Waals surface area contributed by atoms with Gasteiger partial charge in [0, 0.05) is 17.4 Å². The second-order valence-corrected chi connectivity index (χ2v) is 7.02. The molecule has 0 radical (unpaired) electrons. The van der Waals surface area contributed by atoms with Crippen LogP contribution in [-0.4, -0.2) is 30.9 Å². The first-order chi connectivity index (χ1) is 15.0. The van der Waals surface area contributed by atoms with E-state index in [1.54, 1.807) is 31.2 Å². The molecule has 0 bridgehead atoms. The van der Waals surface area contributed by atoms with Gasteiger partial charge in [-0.1, -0.05) is 18.2 Å². The van der Waals surface area contributed by atoms with Gasteiger partial charge in [0.1, 0.15) is 17.1 Å². The molecule has 1 aromatic heterocycles. The number of ether oxygens (including phenoxy) is 2. The van der Waals surface area contributed by atoms with Crippen LogP contribution in [0.5, 0.6) is 5.75 Å². The number of amides is 1. The summed E-state index contributed by atoms with van der Waals surface area (Å²) in [5, 5.41) is 3.68. The Kier molecular flexibility index (Phi) is 7.43. The molecule has 1 atom stereocenters. The van der Waals surface area contributed by atoms with E-state index in [1.807, 2.05) is 37.3 Å². The largest absolute Gasteiger partial charge is 0.494 e. The zero-order valence-corrected chi connectivity index (χ0v) is 17.6. The van der Waals surface area contributed by atoms with E-state index in [9.17, 15) is 14.4 Å². The van der Waals surface area contributed by atoms with Crippen molar-refractivity contribution in [2.75, 3.05) is 13.2 Å². The molecular formula is C24H25NO6. The topological polar surface area (TPSA) is 94.8 Å². The van der Waals surface area contributed by atoms with Crippen molar-refractivity contribution in [3.05, 3.63) is 65.9 Å². The lowest BCUT2D eigenvalue weighted by molar-refractivity contribution is -0.148. The first kappa shape index (κ1) is 22.1. The van der Waals surface area contributed by atoms with Gasteiger partial charge in [0.05, 0.1) is 19.1 Å². The van der Waals surface area contributed by atoms with Crippen molar-refractivity contribution in [1.82, 2.24) is 5.32 Å². The van der Waals surface area contributed by atoms with Crippen molar-refractivity contribution in [2.24, 2.45) is 0 Å². The van der Waals surface area contributed by atoms with E-state index < -0.39 is 18.5 Å². The number of carbonyl (C=O) groups excluding carboxylic acids is 3. The van der Waals surface area contributed by atoms with Crippen LogP contribution in [0.1, 0.15) is 48.8 Å². The van der Waals surface area contributed by atoms with Crippen LogP contribution in [0.15, 0.2) is 59.0 Å². The number of rotatable bonds is 10. The molecule has 2 aromatic carbocycles. The van der Waals surface area contributed by atoms with E-state index in [-0.39, 0.29) is 24.7 Å². The Labute approximate surface area is 180 Å². The first-order valence-electron chi connectivity index (χ1n) is 10.2. The molecule has 7 nitrogen and oxygen atoms in total. The summed E-state index contributed by atoms with van der Waals surface area (Å²) < 4.78 is 16.0. The van der Waals surface area contributed by atoms with Crippen molar-refractivity contribution in [2.45, 2.75) is 32.7 Å². The molecule has 0 fully saturated rings. The standard InChI is InChI=1S/C24H25NO6/c1-3-29-19-10-8-17(9-11-19)20(26)12-13-24(28)30-15-23(27)25-16(2)22-14-18-6-4-5-7-21(18)31-22/h4-11,14,16H,3,12-13,15H2,1-2H3,(H,25,27)/t16-/m0/s1. The average molecular weight is 423 g/mol. The van der Waals surface area contributed by atoms with E-state index in [1.165, 1.54) is 0 Å². The van der Waals surface area contributed by atoms with E-state index in [4.69, 9.17) is 13.9 Å².